The number of para-hydroxylation sites is 1. The van der Waals surface area contributed by atoms with Gasteiger partial charge in [-0.05, 0) is 11.6 Å². The molecule has 0 fully saturated rings. The highest BCUT2D eigenvalue weighted by molar-refractivity contribution is 5.97. The van der Waals surface area contributed by atoms with Crippen molar-refractivity contribution < 1.29 is 0 Å². The van der Waals surface area contributed by atoms with Gasteiger partial charge in [-0.25, -0.2) is 0 Å². The third-order valence-electron chi connectivity index (χ3n) is 3.02. The molecule has 0 radical (unpaired) electrons. The first-order chi connectivity index (χ1) is 7.95. The standard InChI is InChI=1S/C12H16N4/c1-2-4-11-10(3-1)9-13-7-8-16(11)12-14-5-6-15-12/h1-4,13H,5-9H2,(H,14,15). The summed E-state index contributed by atoms with van der Waals surface area (Å²) in [5.74, 6) is 1.02. The van der Waals surface area contributed by atoms with Crippen LogP contribution in [0.3, 0.4) is 0 Å². The lowest BCUT2D eigenvalue weighted by Gasteiger charge is -2.24. The molecule has 0 spiro atoms. The molecule has 0 aliphatic carbocycles. The second kappa shape index (κ2) is 4.14. The number of nitrogens with zero attached hydrogens (tertiary/aromatic N) is 2. The van der Waals surface area contributed by atoms with E-state index in [9.17, 15) is 0 Å². The summed E-state index contributed by atoms with van der Waals surface area (Å²) < 4.78 is 0. The number of hydrogen-bond acceptors (Lipinski definition) is 4. The van der Waals surface area contributed by atoms with Crippen LogP contribution in [0.25, 0.3) is 0 Å². The van der Waals surface area contributed by atoms with Crippen LogP contribution in [0.4, 0.5) is 5.69 Å². The Bertz CT molecular complexity index is 413. The molecule has 1 aromatic carbocycles. The fourth-order valence-electron chi connectivity index (χ4n) is 2.24. The Labute approximate surface area is 95.4 Å². The quantitative estimate of drug-likeness (QED) is 0.665. The molecule has 0 unspecified atom stereocenters. The van der Waals surface area contributed by atoms with Crippen molar-refractivity contribution in [2.24, 2.45) is 4.99 Å². The summed E-state index contributed by atoms with van der Waals surface area (Å²) >= 11 is 0. The van der Waals surface area contributed by atoms with E-state index in [2.05, 4.69) is 44.8 Å². The minimum Gasteiger partial charge on any atom is -0.354 e. The summed E-state index contributed by atoms with van der Waals surface area (Å²) in [6, 6.07) is 8.53. The van der Waals surface area contributed by atoms with Crippen LogP contribution in [0.2, 0.25) is 0 Å². The van der Waals surface area contributed by atoms with Crippen molar-refractivity contribution in [3.05, 3.63) is 29.8 Å². The van der Waals surface area contributed by atoms with Gasteiger partial charge in [0.1, 0.15) is 0 Å². The molecule has 2 N–H and O–H groups in total. The maximum Gasteiger partial charge on any atom is 0.198 e. The van der Waals surface area contributed by atoms with Crippen LogP contribution in [0, 0.1) is 0 Å². The predicted molar refractivity (Wildman–Crippen MR) is 65.8 cm³/mol. The van der Waals surface area contributed by atoms with E-state index in [1.165, 1.54) is 11.3 Å². The van der Waals surface area contributed by atoms with Gasteiger partial charge in [-0.2, -0.15) is 0 Å². The van der Waals surface area contributed by atoms with E-state index in [1.807, 2.05) is 0 Å². The van der Waals surface area contributed by atoms with Gasteiger partial charge in [-0.15, -0.1) is 0 Å². The summed E-state index contributed by atoms with van der Waals surface area (Å²) in [4.78, 5) is 6.78. The fraction of sp³-hybridized carbons (Fsp3) is 0.417. The van der Waals surface area contributed by atoms with Gasteiger partial charge >= 0.3 is 0 Å². The topological polar surface area (TPSA) is 39.7 Å². The zero-order valence-electron chi connectivity index (χ0n) is 9.24. The zero-order chi connectivity index (χ0) is 10.8. The zero-order valence-corrected chi connectivity index (χ0v) is 9.24. The third-order valence-corrected chi connectivity index (χ3v) is 3.02. The van der Waals surface area contributed by atoms with E-state index in [0.29, 0.717) is 0 Å². The normalized spacial score (nSPS) is 19.8. The number of guanidine groups is 1. The van der Waals surface area contributed by atoms with Gasteiger partial charge in [0.15, 0.2) is 5.96 Å². The fourth-order valence-corrected chi connectivity index (χ4v) is 2.24. The van der Waals surface area contributed by atoms with Gasteiger partial charge in [0.05, 0.1) is 6.54 Å². The predicted octanol–water partition coefficient (Wildman–Crippen LogP) is 0.555. The van der Waals surface area contributed by atoms with Crippen LogP contribution in [-0.2, 0) is 6.54 Å². The molecule has 2 heterocycles. The number of benzene rings is 1. The highest BCUT2D eigenvalue weighted by atomic mass is 15.3. The maximum absolute atomic E-state index is 4.50. The molecule has 1 aromatic rings. The average Bonchev–Trinajstić information content (AvgIpc) is 2.76. The molecule has 16 heavy (non-hydrogen) atoms. The molecule has 3 rings (SSSR count). The number of nitrogens with one attached hydrogen (secondary N) is 2. The minimum atomic E-state index is 0.890. The molecule has 4 heteroatoms. The largest absolute Gasteiger partial charge is 0.354 e. The molecule has 84 valence electrons. The highest BCUT2D eigenvalue weighted by Crippen LogP contribution is 2.22. The van der Waals surface area contributed by atoms with Crippen molar-refractivity contribution >= 4 is 11.6 Å². The van der Waals surface area contributed by atoms with Crippen molar-refractivity contribution in [2.75, 3.05) is 31.1 Å². The first kappa shape index (κ1) is 9.66. The molecule has 0 aromatic heterocycles. The lowest BCUT2D eigenvalue weighted by molar-refractivity contribution is 0.713. The Kier molecular flexibility index (Phi) is 2.50. The Balaban J connectivity index is 1.99. The molecule has 0 atom stereocenters. The van der Waals surface area contributed by atoms with Crippen molar-refractivity contribution in [1.29, 1.82) is 0 Å². The monoisotopic (exact) mass is 216 g/mol. The van der Waals surface area contributed by atoms with Crippen LogP contribution in [0.1, 0.15) is 5.56 Å². The van der Waals surface area contributed by atoms with E-state index in [0.717, 1.165) is 38.7 Å². The molecule has 0 bridgehead atoms. The molecule has 2 aliphatic heterocycles. The number of rotatable bonds is 0. The second-order valence-corrected chi connectivity index (χ2v) is 4.09. The Hall–Kier alpha value is -1.55. The molecule has 0 saturated carbocycles. The molecule has 0 saturated heterocycles. The van der Waals surface area contributed by atoms with Crippen LogP contribution in [0.5, 0.6) is 0 Å². The Morgan fingerprint density at radius 1 is 1.19 bits per heavy atom. The lowest BCUT2D eigenvalue weighted by Crippen LogP contribution is -2.41. The number of aliphatic imine (C=N–C) groups is 1. The van der Waals surface area contributed by atoms with Crippen molar-refractivity contribution in [3.8, 4) is 0 Å². The van der Waals surface area contributed by atoms with Crippen molar-refractivity contribution in [1.82, 2.24) is 10.6 Å². The third kappa shape index (κ3) is 1.65. The SMILES string of the molecule is c1ccc2c(c1)CNCCN2C1=NCCN1. The van der Waals surface area contributed by atoms with E-state index in [4.69, 9.17) is 0 Å². The van der Waals surface area contributed by atoms with E-state index >= 15 is 0 Å². The van der Waals surface area contributed by atoms with Gasteiger partial charge < -0.3 is 15.5 Å². The Morgan fingerprint density at radius 2 is 2.12 bits per heavy atom. The lowest BCUT2D eigenvalue weighted by atomic mass is 10.1. The summed E-state index contributed by atoms with van der Waals surface area (Å²) in [7, 11) is 0. The van der Waals surface area contributed by atoms with Crippen molar-refractivity contribution in [2.45, 2.75) is 6.54 Å². The van der Waals surface area contributed by atoms with Gasteiger partial charge in [0, 0.05) is 31.9 Å². The highest BCUT2D eigenvalue weighted by Gasteiger charge is 2.20. The smallest absolute Gasteiger partial charge is 0.198 e. The van der Waals surface area contributed by atoms with E-state index < -0.39 is 0 Å². The Morgan fingerprint density at radius 3 is 3.00 bits per heavy atom. The maximum atomic E-state index is 4.50. The van der Waals surface area contributed by atoms with Gasteiger partial charge in [-0.3, -0.25) is 4.99 Å². The first-order valence-electron chi connectivity index (χ1n) is 5.79. The van der Waals surface area contributed by atoms with Crippen LogP contribution in [-0.4, -0.2) is 32.1 Å². The van der Waals surface area contributed by atoms with E-state index in [-0.39, 0.29) is 0 Å². The summed E-state index contributed by atoms with van der Waals surface area (Å²) in [6.45, 7) is 4.76. The minimum absolute atomic E-state index is 0.890. The molecule has 2 aliphatic rings. The summed E-state index contributed by atoms with van der Waals surface area (Å²) in [5.41, 5.74) is 2.62. The van der Waals surface area contributed by atoms with Crippen LogP contribution in [0.15, 0.2) is 29.3 Å². The van der Waals surface area contributed by atoms with Crippen LogP contribution >= 0.6 is 0 Å². The second-order valence-electron chi connectivity index (χ2n) is 4.09. The first-order valence-corrected chi connectivity index (χ1v) is 5.79. The molecular weight excluding hydrogens is 200 g/mol. The average molecular weight is 216 g/mol. The summed E-state index contributed by atoms with van der Waals surface area (Å²) in [6.07, 6.45) is 0. The number of hydrogen-bond donors (Lipinski definition) is 2. The molecule has 0 amide bonds. The molecular formula is C12H16N4. The molecule has 4 nitrogen and oxygen atoms in total. The van der Waals surface area contributed by atoms with Crippen LogP contribution < -0.4 is 15.5 Å². The van der Waals surface area contributed by atoms with E-state index in [1.54, 1.807) is 0 Å². The van der Waals surface area contributed by atoms with Gasteiger partial charge in [0.25, 0.3) is 0 Å². The van der Waals surface area contributed by atoms with Gasteiger partial charge in [0.2, 0.25) is 0 Å². The van der Waals surface area contributed by atoms with Gasteiger partial charge in [-0.1, -0.05) is 18.2 Å². The number of anilines is 1. The summed E-state index contributed by atoms with van der Waals surface area (Å²) in [5, 5.41) is 6.78. The van der Waals surface area contributed by atoms with Crippen molar-refractivity contribution in [3.63, 3.8) is 0 Å². The number of fused-ring (bicyclic) bond motifs is 1.